The third kappa shape index (κ3) is 7.97. The number of ketones is 1. The topological polar surface area (TPSA) is 109 Å². The molecule has 3 amide bonds. The molecule has 1 aliphatic heterocycles. The largest absolute Gasteiger partial charge is 0.444 e. The van der Waals surface area contributed by atoms with Crippen molar-refractivity contribution in [2.45, 2.75) is 96.4 Å². The van der Waals surface area contributed by atoms with Gasteiger partial charge < -0.3 is 15.0 Å². The fraction of sp³-hybridized carbons (Fsp3) is 0.545. The smallest absolute Gasteiger partial charge is 0.410 e. The second kappa shape index (κ2) is 13.7. The van der Waals surface area contributed by atoms with E-state index < -0.39 is 35.5 Å². The van der Waals surface area contributed by atoms with Gasteiger partial charge in [0.1, 0.15) is 23.5 Å². The summed E-state index contributed by atoms with van der Waals surface area (Å²) in [5.41, 5.74) is 0.748. The van der Waals surface area contributed by atoms with Gasteiger partial charge >= 0.3 is 6.09 Å². The van der Waals surface area contributed by atoms with Crippen molar-refractivity contribution >= 4 is 23.7 Å². The summed E-state index contributed by atoms with van der Waals surface area (Å²) in [6.45, 7) is 7.43. The van der Waals surface area contributed by atoms with Gasteiger partial charge in [-0.1, -0.05) is 19.3 Å². The lowest BCUT2D eigenvalue weighted by molar-refractivity contribution is -0.140. The van der Waals surface area contributed by atoms with Crippen molar-refractivity contribution in [2.24, 2.45) is 5.92 Å². The van der Waals surface area contributed by atoms with Crippen LogP contribution in [-0.2, 0) is 14.3 Å². The molecular formula is C33H43FN4O5. The van der Waals surface area contributed by atoms with Gasteiger partial charge in [-0.2, -0.15) is 0 Å². The molecule has 232 valence electrons. The summed E-state index contributed by atoms with van der Waals surface area (Å²) < 4.78 is 18.8. The van der Waals surface area contributed by atoms with E-state index in [1.54, 1.807) is 44.9 Å². The molecule has 1 saturated carbocycles. The molecule has 1 aliphatic carbocycles. The van der Waals surface area contributed by atoms with Crippen molar-refractivity contribution in [1.29, 1.82) is 0 Å². The van der Waals surface area contributed by atoms with Crippen LogP contribution in [0.2, 0.25) is 0 Å². The van der Waals surface area contributed by atoms with Crippen molar-refractivity contribution in [1.82, 2.24) is 20.1 Å². The van der Waals surface area contributed by atoms with E-state index >= 15 is 0 Å². The van der Waals surface area contributed by atoms with Crippen LogP contribution in [-0.4, -0.2) is 69.8 Å². The summed E-state index contributed by atoms with van der Waals surface area (Å²) in [6, 6.07) is 5.23. The lowest BCUT2D eigenvalue weighted by Gasteiger charge is -2.36. The number of benzene rings is 1. The van der Waals surface area contributed by atoms with Crippen LogP contribution >= 0.6 is 0 Å². The predicted molar refractivity (Wildman–Crippen MR) is 160 cm³/mol. The molecule has 0 bridgehead atoms. The van der Waals surface area contributed by atoms with Gasteiger partial charge in [-0.25, -0.2) is 9.18 Å². The summed E-state index contributed by atoms with van der Waals surface area (Å²) in [5, 5.41) is 3.01. The number of amides is 3. The van der Waals surface area contributed by atoms with Gasteiger partial charge in [0.25, 0.3) is 0 Å². The number of aromatic nitrogens is 1. The van der Waals surface area contributed by atoms with E-state index in [0.29, 0.717) is 24.1 Å². The first-order chi connectivity index (χ1) is 20.4. The van der Waals surface area contributed by atoms with Crippen LogP contribution in [0.15, 0.2) is 42.7 Å². The Morgan fingerprint density at radius 3 is 2.33 bits per heavy atom. The quantitative estimate of drug-likeness (QED) is 0.408. The first kappa shape index (κ1) is 32.1. The monoisotopic (exact) mass is 594 g/mol. The minimum absolute atomic E-state index is 0.0185. The zero-order valence-corrected chi connectivity index (χ0v) is 25.8. The summed E-state index contributed by atoms with van der Waals surface area (Å²) >= 11 is 0. The highest BCUT2D eigenvalue weighted by molar-refractivity contribution is 6.08. The maximum Gasteiger partial charge on any atom is 0.410 e. The molecule has 0 radical (unpaired) electrons. The minimum atomic E-state index is -0.846. The second-order valence-electron chi connectivity index (χ2n) is 12.7. The number of rotatable bonds is 8. The van der Waals surface area contributed by atoms with Crippen LogP contribution in [0.25, 0.3) is 0 Å². The van der Waals surface area contributed by atoms with Gasteiger partial charge in [-0.15, -0.1) is 0 Å². The van der Waals surface area contributed by atoms with Crippen LogP contribution in [0, 0.1) is 11.7 Å². The third-order valence-corrected chi connectivity index (χ3v) is 8.38. The van der Waals surface area contributed by atoms with Crippen LogP contribution in [0.5, 0.6) is 0 Å². The molecule has 1 aromatic heterocycles. The number of likely N-dealkylation sites (N-methyl/N-ethyl adjacent to an activating group) is 1. The predicted octanol–water partition coefficient (Wildman–Crippen LogP) is 5.44. The molecule has 10 heteroatoms. The van der Waals surface area contributed by atoms with Crippen molar-refractivity contribution in [2.75, 3.05) is 13.6 Å². The normalized spacial score (nSPS) is 18.9. The molecule has 0 spiro atoms. The number of carbonyl (C=O) groups excluding carboxylic acids is 4. The molecule has 2 aliphatic rings. The van der Waals surface area contributed by atoms with E-state index in [1.807, 2.05) is 0 Å². The number of hydrogen-bond donors (Lipinski definition) is 1. The highest BCUT2D eigenvalue weighted by atomic mass is 19.1. The molecule has 1 aromatic carbocycles. The molecule has 1 N–H and O–H groups in total. The molecule has 2 aromatic rings. The Kier molecular flexibility index (Phi) is 10.2. The fourth-order valence-corrected chi connectivity index (χ4v) is 5.88. The Labute approximate surface area is 253 Å². The Bertz CT molecular complexity index is 1320. The summed E-state index contributed by atoms with van der Waals surface area (Å²) in [7, 11) is 1.51. The molecule has 1 saturated heterocycles. The zero-order valence-electron chi connectivity index (χ0n) is 25.8. The van der Waals surface area contributed by atoms with Gasteiger partial charge in [0.05, 0.1) is 6.04 Å². The number of nitrogens with zero attached hydrogens (tertiary/aromatic N) is 3. The zero-order chi connectivity index (χ0) is 31.3. The van der Waals surface area contributed by atoms with E-state index in [0.717, 1.165) is 44.1 Å². The van der Waals surface area contributed by atoms with Crippen molar-refractivity contribution in [3.63, 3.8) is 0 Å². The lowest BCUT2D eigenvalue weighted by atomic mass is 9.83. The molecule has 43 heavy (non-hydrogen) atoms. The van der Waals surface area contributed by atoms with Crippen LogP contribution in [0.1, 0.15) is 100 Å². The molecule has 2 heterocycles. The lowest BCUT2D eigenvalue weighted by Crippen LogP contribution is -2.56. The van der Waals surface area contributed by atoms with Gasteiger partial charge in [-0.3, -0.25) is 24.3 Å². The number of pyridine rings is 1. The first-order valence-corrected chi connectivity index (χ1v) is 15.2. The number of carbonyl (C=O) groups is 4. The number of nitrogens with one attached hydrogen (secondary N) is 1. The molecule has 2 fully saturated rings. The first-order valence-electron chi connectivity index (χ1n) is 15.2. The maximum absolute atomic E-state index is 14.2. The molecule has 3 atom stereocenters. The standard InChI is InChI=1S/C33H43FN4O5/c1-21(37(5)32(42)43-33(2,3)4)30(40)36-28(22-10-7-6-8-11-22)31(41)38-17-9-12-27(38)24-18-25(20-35-19-24)29(39)23-13-15-26(34)16-14-23/h13-16,18-22,27-28H,6-12,17H2,1-5H3,(H,36,40)/t21-,27-,28-/m0/s1. The SMILES string of the molecule is C[C@@H](C(=O)N[C@H](C(=O)N1CCC[C@H]1c1cncc(C(=O)c2ccc(F)cc2)c1)C1CCCCC1)N(C)C(=O)OC(C)(C)C. The van der Waals surface area contributed by atoms with Crippen molar-refractivity contribution in [3.05, 3.63) is 65.2 Å². The van der Waals surface area contributed by atoms with Crippen LogP contribution in [0.4, 0.5) is 9.18 Å². The fourth-order valence-electron chi connectivity index (χ4n) is 5.88. The number of ether oxygens (including phenoxy) is 1. The Balaban J connectivity index is 1.54. The van der Waals surface area contributed by atoms with Gasteiger partial charge in [0, 0.05) is 37.1 Å². The Hall–Kier alpha value is -3.82. The van der Waals surface area contributed by atoms with E-state index in [4.69, 9.17) is 4.74 Å². The highest BCUT2D eigenvalue weighted by Gasteiger charge is 2.40. The third-order valence-electron chi connectivity index (χ3n) is 8.38. The van der Waals surface area contributed by atoms with E-state index in [9.17, 15) is 23.6 Å². The maximum atomic E-state index is 14.2. The Morgan fingerprint density at radius 1 is 1.00 bits per heavy atom. The minimum Gasteiger partial charge on any atom is -0.444 e. The molecular weight excluding hydrogens is 551 g/mol. The van der Waals surface area contributed by atoms with Gasteiger partial charge in [0.2, 0.25) is 11.8 Å². The molecule has 0 unspecified atom stereocenters. The number of likely N-dealkylation sites (tertiary alicyclic amines) is 1. The Morgan fingerprint density at radius 2 is 1.67 bits per heavy atom. The van der Waals surface area contributed by atoms with Gasteiger partial charge in [0.15, 0.2) is 5.78 Å². The average Bonchev–Trinajstić information content (AvgIpc) is 3.48. The molecule has 4 rings (SSSR count). The van der Waals surface area contributed by atoms with Crippen LogP contribution < -0.4 is 5.32 Å². The van der Waals surface area contributed by atoms with Crippen LogP contribution in [0.3, 0.4) is 0 Å². The summed E-state index contributed by atoms with van der Waals surface area (Å²) in [5.74, 6) is -1.29. The van der Waals surface area contributed by atoms with E-state index in [-0.39, 0.29) is 23.7 Å². The summed E-state index contributed by atoms with van der Waals surface area (Å²) in [4.78, 5) is 60.7. The van der Waals surface area contributed by atoms with Gasteiger partial charge in [-0.05, 0) is 95.2 Å². The molecule has 9 nitrogen and oxygen atoms in total. The average molecular weight is 595 g/mol. The van der Waals surface area contributed by atoms with E-state index in [1.165, 1.54) is 42.4 Å². The summed E-state index contributed by atoms with van der Waals surface area (Å²) in [6.07, 6.45) is 8.72. The highest BCUT2D eigenvalue weighted by Crippen LogP contribution is 2.35. The number of halogens is 1. The second-order valence-corrected chi connectivity index (χ2v) is 12.7. The van der Waals surface area contributed by atoms with Crippen molar-refractivity contribution < 1.29 is 28.3 Å². The van der Waals surface area contributed by atoms with E-state index in [2.05, 4.69) is 10.3 Å². The number of hydrogen-bond acceptors (Lipinski definition) is 6. The van der Waals surface area contributed by atoms with Crippen molar-refractivity contribution in [3.8, 4) is 0 Å².